The Hall–Kier alpha value is -3.78. The summed E-state index contributed by atoms with van der Waals surface area (Å²) < 4.78 is 13.6. The van der Waals surface area contributed by atoms with Crippen molar-refractivity contribution in [1.29, 1.82) is 0 Å². The minimum Gasteiger partial charge on any atom is -0.460 e. The highest BCUT2D eigenvalue weighted by molar-refractivity contribution is 6.18. The van der Waals surface area contributed by atoms with Crippen molar-refractivity contribution in [3.63, 3.8) is 0 Å². The molecule has 0 aliphatic heterocycles. The molecule has 5 aliphatic rings. The minimum atomic E-state index is 0.652. The summed E-state index contributed by atoms with van der Waals surface area (Å²) in [7, 11) is 0. The van der Waals surface area contributed by atoms with Gasteiger partial charge >= 0.3 is 0 Å². The number of fused-ring (bicyclic) bond motifs is 10. The molecule has 0 spiro atoms. The van der Waals surface area contributed by atoms with Gasteiger partial charge in [-0.15, -0.1) is 0 Å². The van der Waals surface area contributed by atoms with Gasteiger partial charge in [0.25, 0.3) is 0 Å². The van der Waals surface area contributed by atoms with Crippen LogP contribution in [0.3, 0.4) is 0 Å². The summed E-state index contributed by atoms with van der Waals surface area (Å²) in [5.74, 6) is 4.55. The topological polar surface area (TPSA) is 26.3 Å². The molecule has 220 valence electrons. The minimum absolute atomic E-state index is 0.652. The van der Waals surface area contributed by atoms with Gasteiger partial charge in [-0.25, -0.2) is 0 Å². The van der Waals surface area contributed by atoms with E-state index < -0.39 is 0 Å². The predicted molar refractivity (Wildman–Crippen MR) is 182 cm³/mol. The zero-order valence-electron chi connectivity index (χ0n) is 25.6. The highest BCUT2D eigenvalue weighted by Gasteiger charge is 2.35. The quantitative estimate of drug-likeness (QED) is 0.195. The van der Waals surface area contributed by atoms with Crippen LogP contribution in [0.15, 0.2) is 63.5 Å². The lowest BCUT2D eigenvalue weighted by atomic mass is 9.66. The Kier molecular flexibility index (Phi) is 5.72. The molecule has 3 aromatic carbocycles. The summed E-state index contributed by atoms with van der Waals surface area (Å²) in [5.41, 5.74) is 12.2. The molecule has 2 aromatic heterocycles. The zero-order valence-corrected chi connectivity index (χ0v) is 25.6. The van der Waals surface area contributed by atoms with Gasteiger partial charge in [0.2, 0.25) is 0 Å². The molecule has 5 aromatic rings. The van der Waals surface area contributed by atoms with Gasteiger partial charge in [-0.2, -0.15) is 0 Å². The molecule has 0 saturated heterocycles. The smallest absolute Gasteiger partial charge is 0.146 e. The van der Waals surface area contributed by atoms with Gasteiger partial charge in [-0.1, -0.05) is 60.7 Å². The van der Waals surface area contributed by atoms with Crippen molar-refractivity contribution < 1.29 is 8.83 Å². The maximum Gasteiger partial charge on any atom is 0.146 e. The van der Waals surface area contributed by atoms with Crippen LogP contribution in [-0.2, 0) is 25.7 Å². The Morgan fingerprint density at radius 1 is 0.659 bits per heavy atom. The van der Waals surface area contributed by atoms with E-state index in [1.54, 1.807) is 16.7 Å². The largest absolute Gasteiger partial charge is 0.460 e. The Bertz CT molecular complexity index is 2070. The average molecular weight is 577 g/mol. The predicted octanol–water partition coefficient (Wildman–Crippen LogP) is 11.6. The normalized spacial score (nSPS) is 24.0. The molecule has 0 radical (unpaired) electrons. The van der Waals surface area contributed by atoms with Gasteiger partial charge in [0.1, 0.15) is 22.7 Å². The van der Waals surface area contributed by atoms with Crippen LogP contribution in [0, 0.1) is 11.8 Å². The van der Waals surface area contributed by atoms with Crippen LogP contribution in [0.2, 0.25) is 0 Å². The van der Waals surface area contributed by atoms with Gasteiger partial charge in [-0.3, -0.25) is 0 Å². The monoisotopic (exact) mass is 576 g/mol. The van der Waals surface area contributed by atoms with E-state index >= 15 is 0 Å². The molecule has 3 unspecified atom stereocenters. The summed E-state index contributed by atoms with van der Waals surface area (Å²) in [6, 6.07) is 11.9. The van der Waals surface area contributed by atoms with Gasteiger partial charge < -0.3 is 8.83 Å². The standard InChI is InChI=1S/C42H40O2/c1-2-12-26-23-27(22-21-25(26)11-1)38-29-14-3-5-16-31(29)39(32-17-6-4-15-30(32)38)35-24-34-28-13-7-9-19-36(28)43-41(34)40-33-18-8-10-20-37(33)44-42(35)40/h2-3,5,7-8,12-14,16,18,24-27H,1,4,6,9-11,15,17,19-23H2. The Morgan fingerprint density at radius 3 is 2.32 bits per heavy atom. The van der Waals surface area contributed by atoms with Crippen LogP contribution in [0.5, 0.6) is 0 Å². The average Bonchev–Trinajstić information content (AvgIpc) is 3.65. The van der Waals surface area contributed by atoms with E-state index in [9.17, 15) is 0 Å². The molecule has 2 heterocycles. The summed E-state index contributed by atoms with van der Waals surface area (Å²) in [5, 5.41) is 5.35. The number of rotatable bonds is 2. The zero-order chi connectivity index (χ0) is 28.8. The molecule has 0 bridgehead atoms. The maximum absolute atomic E-state index is 6.93. The van der Waals surface area contributed by atoms with Crippen LogP contribution in [0.25, 0.3) is 56.0 Å². The van der Waals surface area contributed by atoms with Crippen molar-refractivity contribution in [2.75, 3.05) is 0 Å². The van der Waals surface area contributed by atoms with E-state index in [2.05, 4.69) is 66.8 Å². The number of benzene rings is 3. The molecule has 1 fully saturated rings. The van der Waals surface area contributed by atoms with Crippen molar-refractivity contribution in [2.45, 2.75) is 89.4 Å². The van der Waals surface area contributed by atoms with Crippen molar-refractivity contribution in [2.24, 2.45) is 11.8 Å². The lowest BCUT2D eigenvalue weighted by Crippen LogP contribution is -2.25. The fourth-order valence-corrected chi connectivity index (χ4v) is 9.92. The Balaban J connectivity index is 1.28. The van der Waals surface area contributed by atoms with Crippen LogP contribution >= 0.6 is 0 Å². The Labute approximate surface area is 259 Å². The first-order valence-electron chi connectivity index (χ1n) is 17.4. The maximum atomic E-state index is 6.93. The van der Waals surface area contributed by atoms with Gasteiger partial charge in [-0.05, 0) is 127 Å². The molecule has 2 nitrogen and oxygen atoms in total. The number of hydrogen-bond acceptors (Lipinski definition) is 2. The van der Waals surface area contributed by atoms with E-state index in [0.717, 1.165) is 66.6 Å². The van der Waals surface area contributed by atoms with E-state index in [1.165, 1.54) is 95.2 Å². The van der Waals surface area contributed by atoms with Gasteiger partial charge in [0.05, 0.1) is 5.39 Å². The summed E-state index contributed by atoms with van der Waals surface area (Å²) in [4.78, 5) is 0. The number of hydrogen-bond donors (Lipinski definition) is 0. The van der Waals surface area contributed by atoms with E-state index in [0.29, 0.717) is 5.92 Å². The molecule has 10 rings (SSSR count). The lowest BCUT2D eigenvalue weighted by Gasteiger charge is -2.39. The molecule has 3 atom stereocenters. The highest BCUT2D eigenvalue weighted by atomic mass is 16.4. The molecular formula is C42H40O2. The third kappa shape index (κ3) is 3.66. The van der Waals surface area contributed by atoms with Crippen molar-refractivity contribution in [3.8, 4) is 11.1 Å². The van der Waals surface area contributed by atoms with E-state index in [-0.39, 0.29) is 0 Å². The molecule has 5 aliphatic carbocycles. The van der Waals surface area contributed by atoms with Crippen molar-refractivity contribution >= 4 is 44.9 Å². The lowest BCUT2D eigenvalue weighted by molar-refractivity contribution is 0.236. The first kappa shape index (κ1) is 25.5. The fourth-order valence-electron chi connectivity index (χ4n) is 9.92. The van der Waals surface area contributed by atoms with Crippen molar-refractivity contribution in [3.05, 3.63) is 94.0 Å². The van der Waals surface area contributed by atoms with Crippen molar-refractivity contribution in [1.82, 2.24) is 0 Å². The highest BCUT2D eigenvalue weighted by Crippen LogP contribution is 2.52. The first-order chi connectivity index (χ1) is 21.8. The number of allylic oxidation sites excluding steroid dienone is 4. The first-order valence-corrected chi connectivity index (χ1v) is 17.4. The second-order valence-electron chi connectivity index (χ2n) is 14.2. The second kappa shape index (κ2) is 9.86. The molecule has 0 N–H and O–H groups in total. The number of aryl methyl sites for hydroxylation is 2. The molecular weight excluding hydrogens is 536 g/mol. The second-order valence-corrected chi connectivity index (χ2v) is 14.2. The van der Waals surface area contributed by atoms with Gasteiger partial charge in [0, 0.05) is 34.9 Å². The summed E-state index contributed by atoms with van der Waals surface area (Å²) >= 11 is 0. The van der Waals surface area contributed by atoms with E-state index in [4.69, 9.17) is 8.83 Å². The van der Waals surface area contributed by atoms with Crippen LogP contribution in [0.1, 0.15) is 103 Å². The summed E-state index contributed by atoms with van der Waals surface area (Å²) in [6.07, 6.45) is 29.9. The number of furan rings is 2. The summed E-state index contributed by atoms with van der Waals surface area (Å²) in [6.45, 7) is 0. The molecule has 1 saturated carbocycles. The Morgan fingerprint density at radius 2 is 1.43 bits per heavy atom. The third-order valence-corrected chi connectivity index (χ3v) is 11.9. The fraction of sp³-hybridized carbons (Fsp3) is 0.381. The third-order valence-electron chi connectivity index (χ3n) is 11.9. The molecule has 44 heavy (non-hydrogen) atoms. The molecule has 2 heteroatoms. The van der Waals surface area contributed by atoms with Gasteiger partial charge in [0.15, 0.2) is 0 Å². The SMILES string of the molecule is C1=Cc2c(oc3c2cc(-c2c4c(c(C5CCC6CCC=CC6C5)c5ccccc25)CCCC4)c2oc4c(c23)C=CCC4)CC1. The van der Waals surface area contributed by atoms with Crippen LogP contribution in [-0.4, -0.2) is 0 Å². The van der Waals surface area contributed by atoms with Crippen LogP contribution < -0.4 is 0 Å². The van der Waals surface area contributed by atoms with E-state index in [1.807, 2.05) is 0 Å². The van der Waals surface area contributed by atoms with Crippen LogP contribution in [0.4, 0.5) is 0 Å². The molecule has 0 amide bonds.